The van der Waals surface area contributed by atoms with Gasteiger partial charge in [0.1, 0.15) is 5.75 Å². The summed E-state index contributed by atoms with van der Waals surface area (Å²) in [7, 11) is 4.76. The first kappa shape index (κ1) is 17.6. The third-order valence-corrected chi connectivity index (χ3v) is 4.24. The summed E-state index contributed by atoms with van der Waals surface area (Å²) in [6.07, 6.45) is 1.80. The maximum atomic E-state index is 9.74. The smallest absolute Gasteiger partial charge is 0.203 e. The van der Waals surface area contributed by atoms with Gasteiger partial charge >= 0.3 is 0 Å². The maximum Gasteiger partial charge on any atom is 0.203 e. The zero-order chi connectivity index (χ0) is 18.7. The lowest BCUT2D eigenvalue weighted by atomic mass is 9.98. The van der Waals surface area contributed by atoms with E-state index >= 15 is 0 Å². The molecule has 0 aliphatic heterocycles. The molecule has 1 heterocycles. The first-order valence-electron chi connectivity index (χ1n) is 8.13. The topological polar surface area (TPSA) is 60.8 Å². The molecular weight excluding hydrogens is 330 g/mol. The van der Waals surface area contributed by atoms with Gasteiger partial charge in [-0.15, -0.1) is 0 Å². The van der Waals surface area contributed by atoms with Crippen LogP contribution >= 0.6 is 0 Å². The fraction of sp³-hybridized carbons (Fsp3) is 0.190. The number of benzene rings is 2. The highest BCUT2D eigenvalue weighted by atomic mass is 16.5. The molecule has 2 aromatic carbocycles. The molecule has 0 saturated heterocycles. The first-order valence-corrected chi connectivity index (χ1v) is 8.13. The van der Waals surface area contributed by atoms with E-state index in [1.807, 2.05) is 37.3 Å². The van der Waals surface area contributed by atoms with Gasteiger partial charge in [-0.05, 0) is 48.4 Å². The van der Waals surface area contributed by atoms with E-state index in [0.717, 1.165) is 27.9 Å². The standard InChI is InChI=1S/C21H21NO4/c1-13-18(9-16(12-22-13)14-6-5-7-17(23)8-14)15-10-19(24-2)21(26-4)20(11-15)25-3/h5-12,23H,1-4H3. The highest BCUT2D eigenvalue weighted by molar-refractivity contribution is 5.77. The van der Waals surface area contributed by atoms with Crippen molar-refractivity contribution in [2.45, 2.75) is 6.92 Å². The molecule has 5 heteroatoms. The van der Waals surface area contributed by atoms with Crippen molar-refractivity contribution in [1.29, 1.82) is 0 Å². The zero-order valence-corrected chi connectivity index (χ0v) is 15.2. The van der Waals surface area contributed by atoms with Crippen molar-refractivity contribution in [3.05, 3.63) is 54.4 Å². The van der Waals surface area contributed by atoms with Crippen molar-refractivity contribution in [2.24, 2.45) is 0 Å². The van der Waals surface area contributed by atoms with Crippen LogP contribution in [0.15, 0.2) is 48.7 Å². The number of hydrogen-bond acceptors (Lipinski definition) is 5. The van der Waals surface area contributed by atoms with Crippen molar-refractivity contribution >= 4 is 0 Å². The highest BCUT2D eigenvalue weighted by Gasteiger charge is 2.16. The van der Waals surface area contributed by atoms with Gasteiger partial charge in [-0.3, -0.25) is 4.98 Å². The van der Waals surface area contributed by atoms with E-state index in [4.69, 9.17) is 14.2 Å². The number of phenols is 1. The molecule has 0 amide bonds. The van der Waals surface area contributed by atoms with Gasteiger partial charge < -0.3 is 19.3 Å². The van der Waals surface area contributed by atoms with Crippen molar-refractivity contribution in [1.82, 2.24) is 4.98 Å². The van der Waals surface area contributed by atoms with E-state index in [-0.39, 0.29) is 5.75 Å². The summed E-state index contributed by atoms with van der Waals surface area (Å²) in [6.45, 7) is 1.95. The predicted molar refractivity (Wildman–Crippen MR) is 101 cm³/mol. The van der Waals surface area contributed by atoms with Crippen molar-refractivity contribution in [3.63, 3.8) is 0 Å². The molecule has 0 radical (unpaired) electrons. The summed E-state index contributed by atoms with van der Waals surface area (Å²) < 4.78 is 16.3. The molecule has 0 bridgehead atoms. The van der Waals surface area contributed by atoms with Gasteiger partial charge in [-0.1, -0.05) is 12.1 Å². The van der Waals surface area contributed by atoms with Gasteiger partial charge in [0.25, 0.3) is 0 Å². The number of pyridine rings is 1. The Balaban J connectivity index is 2.16. The predicted octanol–water partition coefficient (Wildman–Crippen LogP) is 4.46. The summed E-state index contributed by atoms with van der Waals surface area (Å²) >= 11 is 0. The molecule has 0 aliphatic rings. The van der Waals surface area contributed by atoms with Crippen LogP contribution in [0.4, 0.5) is 0 Å². The van der Waals surface area contributed by atoms with Crippen LogP contribution in [0.2, 0.25) is 0 Å². The molecule has 134 valence electrons. The minimum atomic E-state index is 0.220. The Labute approximate surface area is 152 Å². The fourth-order valence-electron chi connectivity index (χ4n) is 2.91. The number of aryl methyl sites for hydroxylation is 1. The SMILES string of the molecule is COc1cc(-c2cc(-c3cccc(O)c3)cnc2C)cc(OC)c1OC. The number of aromatic hydroxyl groups is 1. The van der Waals surface area contributed by atoms with Crippen LogP contribution in [0.3, 0.4) is 0 Å². The molecule has 26 heavy (non-hydrogen) atoms. The van der Waals surface area contributed by atoms with E-state index in [1.165, 1.54) is 0 Å². The number of methoxy groups -OCH3 is 3. The van der Waals surface area contributed by atoms with Crippen LogP contribution < -0.4 is 14.2 Å². The Morgan fingerprint density at radius 3 is 2.08 bits per heavy atom. The number of ether oxygens (including phenoxy) is 3. The van der Waals surface area contributed by atoms with Crippen LogP contribution in [0.25, 0.3) is 22.3 Å². The molecule has 0 unspecified atom stereocenters. The van der Waals surface area contributed by atoms with E-state index in [0.29, 0.717) is 17.2 Å². The Bertz CT molecular complexity index is 912. The van der Waals surface area contributed by atoms with Crippen molar-refractivity contribution in [2.75, 3.05) is 21.3 Å². The summed E-state index contributed by atoms with van der Waals surface area (Å²) in [5.74, 6) is 1.94. The number of nitrogens with zero attached hydrogens (tertiary/aromatic N) is 1. The Hall–Kier alpha value is -3.21. The lowest BCUT2D eigenvalue weighted by Crippen LogP contribution is -1.97. The second kappa shape index (κ2) is 7.35. The number of rotatable bonds is 5. The molecule has 0 saturated carbocycles. The van der Waals surface area contributed by atoms with Gasteiger partial charge in [0, 0.05) is 23.0 Å². The molecule has 3 rings (SSSR count). The minimum absolute atomic E-state index is 0.220. The summed E-state index contributed by atoms with van der Waals surface area (Å²) in [5, 5.41) is 9.74. The van der Waals surface area contributed by atoms with Gasteiger partial charge in [0.2, 0.25) is 5.75 Å². The fourth-order valence-corrected chi connectivity index (χ4v) is 2.91. The average molecular weight is 351 g/mol. The van der Waals surface area contributed by atoms with Crippen molar-refractivity contribution < 1.29 is 19.3 Å². The summed E-state index contributed by atoms with van der Waals surface area (Å²) in [4.78, 5) is 4.52. The van der Waals surface area contributed by atoms with Gasteiger partial charge in [0.15, 0.2) is 11.5 Å². The molecule has 5 nitrogen and oxygen atoms in total. The average Bonchev–Trinajstić information content (AvgIpc) is 2.67. The largest absolute Gasteiger partial charge is 0.508 e. The minimum Gasteiger partial charge on any atom is -0.508 e. The van der Waals surface area contributed by atoms with Crippen LogP contribution in [0.5, 0.6) is 23.0 Å². The van der Waals surface area contributed by atoms with Gasteiger partial charge in [0.05, 0.1) is 21.3 Å². The first-order chi connectivity index (χ1) is 12.6. The lowest BCUT2D eigenvalue weighted by Gasteiger charge is -2.15. The molecule has 1 aromatic heterocycles. The molecule has 0 aliphatic carbocycles. The quantitative estimate of drug-likeness (QED) is 0.735. The second-order valence-electron chi connectivity index (χ2n) is 5.82. The number of hydrogen-bond donors (Lipinski definition) is 1. The monoisotopic (exact) mass is 351 g/mol. The zero-order valence-electron chi connectivity index (χ0n) is 15.2. The van der Waals surface area contributed by atoms with Crippen LogP contribution in [0, 0.1) is 6.92 Å². The lowest BCUT2D eigenvalue weighted by molar-refractivity contribution is 0.324. The summed E-state index contributed by atoms with van der Waals surface area (Å²) in [5.41, 5.74) is 4.54. The van der Waals surface area contributed by atoms with Crippen LogP contribution in [-0.2, 0) is 0 Å². The molecule has 0 fully saturated rings. The van der Waals surface area contributed by atoms with E-state index in [1.54, 1.807) is 39.7 Å². The molecule has 1 N–H and O–H groups in total. The number of phenolic OH excluding ortho intramolecular Hbond substituents is 1. The normalized spacial score (nSPS) is 10.5. The molecule has 0 spiro atoms. The van der Waals surface area contributed by atoms with Crippen LogP contribution in [0.1, 0.15) is 5.69 Å². The van der Waals surface area contributed by atoms with E-state index < -0.39 is 0 Å². The summed E-state index contributed by atoms with van der Waals surface area (Å²) in [6, 6.07) is 12.9. The Morgan fingerprint density at radius 2 is 1.50 bits per heavy atom. The van der Waals surface area contributed by atoms with Crippen LogP contribution in [-0.4, -0.2) is 31.4 Å². The van der Waals surface area contributed by atoms with Gasteiger partial charge in [-0.25, -0.2) is 0 Å². The number of aromatic nitrogens is 1. The molecular formula is C21H21NO4. The molecule has 0 atom stereocenters. The third-order valence-electron chi connectivity index (χ3n) is 4.24. The molecule has 3 aromatic rings. The highest BCUT2D eigenvalue weighted by Crippen LogP contribution is 2.42. The Morgan fingerprint density at radius 1 is 0.808 bits per heavy atom. The van der Waals surface area contributed by atoms with E-state index in [2.05, 4.69) is 4.98 Å². The maximum absolute atomic E-state index is 9.74. The second-order valence-corrected chi connectivity index (χ2v) is 5.82. The van der Waals surface area contributed by atoms with Gasteiger partial charge in [-0.2, -0.15) is 0 Å². The Kier molecular flexibility index (Phi) is 4.98. The van der Waals surface area contributed by atoms with E-state index in [9.17, 15) is 5.11 Å². The van der Waals surface area contributed by atoms with Crippen molar-refractivity contribution in [3.8, 4) is 45.3 Å². The third kappa shape index (κ3) is 3.28.